The molecule has 0 atom stereocenters. The van der Waals surface area contributed by atoms with Crippen LogP contribution in [0.1, 0.15) is 26.3 Å². The summed E-state index contributed by atoms with van der Waals surface area (Å²) < 4.78 is 99.2. The van der Waals surface area contributed by atoms with Crippen LogP contribution in [0.2, 0.25) is 0 Å². The maximum atomic E-state index is 11.9. The first kappa shape index (κ1) is 20.8. The lowest BCUT2D eigenvalue weighted by Crippen LogP contribution is -2.23. The van der Waals surface area contributed by atoms with Crippen LogP contribution in [0, 0.1) is 0 Å². The Hall–Kier alpha value is -1.90. The normalized spacial score (nSPS) is 16.9. The number of nitrogens with zero attached hydrogens (tertiary/aromatic N) is 1. The first-order chi connectivity index (χ1) is 12.5. The molecule has 0 saturated heterocycles. The molecule has 0 aromatic heterocycles. The number of benzene rings is 2. The Labute approximate surface area is 161 Å². The summed E-state index contributed by atoms with van der Waals surface area (Å²) >= 11 is 0. The SMILES string of the molecule is CC1=Nc2c(S(=O)(=O)O)cc3c(S(=O)(=O)O)cc(S(=O)(=O)O)cc3c2C1(C)C. The maximum absolute atomic E-state index is 11.9. The molecular formula is C15H15NO9S3. The lowest BCUT2D eigenvalue weighted by Gasteiger charge is -2.23. The molecule has 0 fully saturated rings. The van der Waals surface area contributed by atoms with Crippen LogP contribution in [-0.4, -0.2) is 44.6 Å². The molecule has 0 amide bonds. The van der Waals surface area contributed by atoms with E-state index in [-0.39, 0.29) is 22.0 Å². The molecule has 13 heteroatoms. The molecule has 0 aliphatic carbocycles. The molecule has 1 heterocycles. The van der Waals surface area contributed by atoms with Crippen LogP contribution in [0.5, 0.6) is 0 Å². The molecule has 2 aromatic carbocycles. The van der Waals surface area contributed by atoms with Gasteiger partial charge in [-0.3, -0.25) is 18.7 Å². The van der Waals surface area contributed by atoms with Crippen LogP contribution < -0.4 is 0 Å². The largest absolute Gasteiger partial charge is 0.296 e. The van der Waals surface area contributed by atoms with Gasteiger partial charge in [-0.05, 0) is 36.1 Å². The molecule has 10 nitrogen and oxygen atoms in total. The fourth-order valence-electron chi connectivity index (χ4n) is 3.20. The van der Waals surface area contributed by atoms with Gasteiger partial charge in [0.25, 0.3) is 30.4 Å². The van der Waals surface area contributed by atoms with Crippen molar-refractivity contribution in [2.75, 3.05) is 0 Å². The standard InChI is InChI=1S/C15H15NO9S3/c1-7-15(2,3)13-10-4-8(26(17,18)19)5-11(27(20,21)22)9(10)6-12(14(13)16-7)28(23,24)25/h4-6H,1-3H3,(H,17,18,19)(H,20,21,22)(H,23,24,25). The van der Waals surface area contributed by atoms with Gasteiger partial charge in [0, 0.05) is 16.5 Å². The minimum atomic E-state index is -5.03. The number of fused-ring (bicyclic) bond motifs is 3. The van der Waals surface area contributed by atoms with E-state index in [1.165, 1.54) is 0 Å². The summed E-state index contributed by atoms with van der Waals surface area (Å²) in [5, 5.41) is -0.407. The minimum absolute atomic E-state index is 0.0595. The second-order valence-corrected chi connectivity index (χ2v) is 11.1. The maximum Gasteiger partial charge on any atom is 0.296 e. The third kappa shape index (κ3) is 3.13. The first-order valence-electron chi connectivity index (χ1n) is 7.59. The monoisotopic (exact) mass is 449 g/mol. The molecule has 152 valence electrons. The smallest absolute Gasteiger partial charge is 0.282 e. The Morgan fingerprint density at radius 1 is 0.786 bits per heavy atom. The van der Waals surface area contributed by atoms with Crippen molar-refractivity contribution in [3.63, 3.8) is 0 Å². The summed E-state index contributed by atoms with van der Waals surface area (Å²) in [7, 11) is -14.7. The summed E-state index contributed by atoms with van der Waals surface area (Å²) in [5.41, 5.74) is -0.592. The fourth-order valence-corrected chi connectivity index (χ4v) is 5.19. The van der Waals surface area contributed by atoms with Gasteiger partial charge >= 0.3 is 0 Å². The highest BCUT2D eigenvalue weighted by Crippen LogP contribution is 2.49. The Bertz CT molecular complexity index is 1400. The van der Waals surface area contributed by atoms with E-state index in [0.29, 0.717) is 11.8 Å². The van der Waals surface area contributed by atoms with Crippen molar-refractivity contribution < 1.29 is 38.9 Å². The molecule has 0 bridgehead atoms. The summed E-state index contributed by atoms with van der Waals surface area (Å²) in [6.07, 6.45) is 0. The molecule has 1 aliphatic heterocycles. The van der Waals surface area contributed by atoms with E-state index in [2.05, 4.69) is 4.99 Å². The van der Waals surface area contributed by atoms with Gasteiger partial charge in [-0.15, -0.1) is 0 Å². The summed E-state index contributed by atoms with van der Waals surface area (Å²) in [4.78, 5) is 1.72. The molecule has 0 saturated carbocycles. The average Bonchev–Trinajstić information content (AvgIpc) is 2.72. The Morgan fingerprint density at radius 2 is 1.32 bits per heavy atom. The van der Waals surface area contributed by atoms with Gasteiger partial charge in [0.2, 0.25) is 0 Å². The molecule has 1 aliphatic rings. The highest BCUT2D eigenvalue weighted by Gasteiger charge is 2.39. The minimum Gasteiger partial charge on any atom is -0.282 e. The average molecular weight is 449 g/mol. The van der Waals surface area contributed by atoms with E-state index in [1.54, 1.807) is 20.8 Å². The van der Waals surface area contributed by atoms with Crippen molar-refractivity contribution in [1.29, 1.82) is 0 Å². The summed E-state index contributed by atoms with van der Waals surface area (Å²) in [5.74, 6) is 0. The zero-order valence-corrected chi connectivity index (χ0v) is 17.1. The Balaban J connectivity index is 2.72. The summed E-state index contributed by atoms with van der Waals surface area (Å²) in [6.45, 7) is 4.85. The molecule has 28 heavy (non-hydrogen) atoms. The number of hydrogen-bond acceptors (Lipinski definition) is 7. The van der Waals surface area contributed by atoms with E-state index in [1.807, 2.05) is 0 Å². The van der Waals surface area contributed by atoms with Gasteiger partial charge in [0.05, 0.1) is 10.6 Å². The van der Waals surface area contributed by atoms with Crippen LogP contribution in [0.25, 0.3) is 10.8 Å². The molecule has 0 spiro atoms. The predicted octanol–water partition coefficient (Wildman–Crippen LogP) is 1.96. The summed E-state index contributed by atoms with van der Waals surface area (Å²) in [6, 6.07) is 2.25. The van der Waals surface area contributed by atoms with E-state index in [9.17, 15) is 38.9 Å². The molecule has 0 radical (unpaired) electrons. The fraction of sp³-hybridized carbons (Fsp3) is 0.267. The van der Waals surface area contributed by atoms with Gasteiger partial charge in [-0.25, -0.2) is 0 Å². The van der Waals surface area contributed by atoms with E-state index in [0.717, 1.165) is 12.1 Å². The third-order valence-electron chi connectivity index (χ3n) is 4.79. The Kier molecular flexibility index (Phi) is 4.32. The van der Waals surface area contributed by atoms with Gasteiger partial charge in [0.15, 0.2) is 0 Å². The number of rotatable bonds is 3. The number of hydrogen-bond donors (Lipinski definition) is 3. The second-order valence-electron chi connectivity index (χ2n) is 6.86. The lowest BCUT2D eigenvalue weighted by atomic mass is 9.79. The molecule has 3 rings (SSSR count). The quantitative estimate of drug-likeness (QED) is 0.591. The van der Waals surface area contributed by atoms with E-state index >= 15 is 0 Å². The lowest BCUT2D eigenvalue weighted by molar-refractivity contribution is 0.478. The van der Waals surface area contributed by atoms with Crippen molar-refractivity contribution in [3.05, 3.63) is 23.8 Å². The zero-order chi connectivity index (χ0) is 21.4. The van der Waals surface area contributed by atoms with Gasteiger partial charge < -0.3 is 0 Å². The van der Waals surface area contributed by atoms with Crippen molar-refractivity contribution in [1.82, 2.24) is 0 Å². The van der Waals surface area contributed by atoms with Crippen LogP contribution >= 0.6 is 0 Å². The highest BCUT2D eigenvalue weighted by atomic mass is 32.2. The van der Waals surface area contributed by atoms with Gasteiger partial charge in [0.1, 0.15) is 9.79 Å². The Morgan fingerprint density at radius 3 is 1.79 bits per heavy atom. The van der Waals surface area contributed by atoms with Crippen molar-refractivity contribution in [2.45, 2.75) is 40.9 Å². The highest BCUT2D eigenvalue weighted by molar-refractivity contribution is 7.87. The first-order valence-corrected chi connectivity index (χ1v) is 11.9. The van der Waals surface area contributed by atoms with E-state index < -0.39 is 50.5 Å². The molecule has 2 aromatic rings. The van der Waals surface area contributed by atoms with Crippen LogP contribution in [0.3, 0.4) is 0 Å². The van der Waals surface area contributed by atoms with Gasteiger partial charge in [-0.2, -0.15) is 25.3 Å². The molecule has 0 unspecified atom stereocenters. The second kappa shape index (κ2) is 5.81. The topological polar surface area (TPSA) is 175 Å². The molecular weight excluding hydrogens is 434 g/mol. The molecule has 3 N–H and O–H groups in total. The zero-order valence-electron chi connectivity index (χ0n) is 14.7. The van der Waals surface area contributed by atoms with Crippen molar-refractivity contribution in [3.8, 4) is 0 Å². The van der Waals surface area contributed by atoms with Crippen LogP contribution in [-0.2, 0) is 35.8 Å². The van der Waals surface area contributed by atoms with Crippen LogP contribution in [0.15, 0.2) is 37.9 Å². The van der Waals surface area contributed by atoms with Crippen molar-refractivity contribution >= 4 is 52.5 Å². The third-order valence-corrected chi connectivity index (χ3v) is 7.39. The van der Waals surface area contributed by atoms with Gasteiger partial charge in [-0.1, -0.05) is 13.8 Å². The predicted molar refractivity (Wildman–Crippen MR) is 99.2 cm³/mol. The van der Waals surface area contributed by atoms with Crippen LogP contribution in [0.4, 0.5) is 5.69 Å². The number of aliphatic imine (C=N–C) groups is 1. The van der Waals surface area contributed by atoms with Crippen molar-refractivity contribution in [2.24, 2.45) is 4.99 Å². The van der Waals surface area contributed by atoms with E-state index in [4.69, 9.17) is 0 Å².